The average Bonchev–Trinajstić information content (AvgIpc) is 2.39. The molecule has 2 aromatic rings. The van der Waals surface area contributed by atoms with E-state index >= 15 is 0 Å². The van der Waals surface area contributed by atoms with Gasteiger partial charge in [-0.15, -0.1) is 0 Å². The molecule has 0 unspecified atom stereocenters. The van der Waals surface area contributed by atoms with E-state index in [2.05, 4.69) is 0 Å². The van der Waals surface area contributed by atoms with Crippen molar-refractivity contribution in [3.05, 3.63) is 64.2 Å². The summed E-state index contributed by atoms with van der Waals surface area (Å²) in [5.74, 6) is -2.98. The zero-order valence-corrected chi connectivity index (χ0v) is 10.8. The number of halogens is 3. The van der Waals surface area contributed by atoms with Crippen molar-refractivity contribution in [3.63, 3.8) is 0 Å². The quantitative estimate of drug-likeness (QED) is 0.931. The molecule has 0 spiro atoms. The van der Waals surface area contributed by atoms with Crippen LogP contribution in [0, 0.1) is 11.6 Å². The van der Waals surface area contributed by atoms with Crippen molar-refractivity contribution in [1.82, 2.24) is 0 Å². The minimum atomic E-state index is -1.44. The Morgan fingerprint density at radius 1 is 1.25 bits per heavy atom. The van der Waals surface area contributed by atoms with E-state index in [1.807, 2.05) is 0 Å². The molecule has 0 aliphatic carbocycles. The molecule has 0 amide bonds. The van der Waals surface area contributed by atoms with Crippen LogP contribution in [0.5, 0.6) is 5.75 Å². The van der Waals surface area contributed by atoms with Gasteiger partial charge in [0.05, 0.1) is 0 Å². The molecule has 0 aliphatic rings. The second-order valence-electron chi connectivity index (χ2n) is 3.94. The van der Waals surface area contributed by atoms with Crippen molar-refractivity contribution in [3.8, 4) is 5.75 Å². The van der Waals surface area contributed by atoms with Gasteiger partial charge < -0.3 is 9.84 Å². The summed E-state index contributed by atoms with van der Waals surface area (Å²) in [7, 11) is 0. The topological polar surface area (TPSA) is 46.5 Å². The first kappa shape index (κ1) is 14.3. The molecule has 2 rings (SSSR count). The van der Waals surface area contributed by atoms with Gasteiger partial charge in [0.2, 0.25) is 0 Å². The van der Waals surface area contributed by atoms with Crippen molar-refractivity contribution in [2.75, 3.05) is 0 Å². The van der Waals surface area contributed by atoms with E-state index in [4.69, 9.17) is 21.4 Å². The zero-order valence-electron chi connectivity index (χ0n) is 10.1. The van der Waals surface area contributed by atoms with E-state index in [1.165, 1.54) is 30.3 Å². The zero-order chi connectivity index (χ0) is 14.7. The van der Waals surface area contributed by atoms with Crippen LogP contribution in [0.3, 0.4) is 0 Å². The molecule has 0 radical (unpaired) electrons. The van der Waals surface area contributed by atoms with Crippen molar-refractivity contribution >= 4 is 17.6 Å². The summed E-state index contributed by atoms with van der Waals surface area (Å²) in [6.45, 7) is -0.166. The molecule has 104 valence electrons. The maximum atomic E-state index is 13.4. The van der Waals surface area contributed by atoms with E-state index in [0.29, 0.717) is 5.56 Å². The van der Waals surface area contributed by atoms with E-state index in [1.54, 1.807) is 0 Å². The van der Waals surface area contributed by atoms with Crippen LogP contribution in [0.1, 0.15) is 15.9 Å². The number of hydrogen-bond donors (Lipinski definition) is 1. The maximum absolute atomic E-state index is 13.4. The summed E-state index contributed by atoms with van der Waals surface area (Å²) in [5.41, 5.74) is -0.229. The van der Waals surface area contributed by atoms with E-state index < -0.39 is 23.2 Å². The molecule has 0 aromatic heterocycles. The number of hydrogen-bond acceptors (Lipinski definition) is 2. The van der Waals surface area contributed by atoms with Gasteiger partial charge in [0.1, 0.15) is 29.6 Å². The maximum Gasteiger partial charge on any atom is 0.342 e. The summed E-state index contributed by atoms with van der Waals surface area (Å²) < 4.78 is 31.7. The number of benzene rings is 2. The number of carboxylic acids is 1. The summed E-state index contributed by atoms with van der Waals surface area (Å²) in [4.78, 5) is 11.0. The summed E-state index contributed by atoms with van der Waals surface area (Å²) in [6.07, 6.45) is 0. The fourth-order valence-corrected chi connectivity index (χ4v) is 1.81. The molecule has 3 nitrogen and oxygen atoms in total. The molecule has 1 N–H and O–H groups in total. The summed E-state index contributed by atoms with van der Waals surface area (Å²) >= 11 is 5.86. The molecule has 0 saturated carbocycles. The Labute approximate surface area is 118 Å². The first-order valence-electron chi connectivity index (χ1n) is 5.57. The predicted octanol–water partition coefficient (Wildman–Crippen LogP) is 3.90. The standard InChI is InChI=1S/C14H9ClF2O3/c15-10-5-4-9(16)6-8(10)7-20-12-3-1-2-11(17)13(12)14(18)19/h1-6H,7H2,(H,18,19). The molecule has 0 aliphatic heterocycles. The highest BCUT2D eigenvalue weighted by Gasteiger charge is 2.17. The van der Waals surface area contributed by atoms with Crippen LogP contribution >= 0.6 is 11.6 Å². The van der Waals surface area contributed by atoms with Crippen LogP contribution in [0.4, 0.5) is 8.78 Å². The summed E-state index contributed by atoms with van der Waals surface area (Å²) in [6, 6.07) is 7.38. The monoisotopic (exact) mass is 298 g/mol. The lowest BCUT2D eigenvalue weighted by Gasteiger charge is -2.10. The molecule has 20 heavy (non-hydrogen) atoms. The van der Waals surface area contributed by atoms with Crippen LogP contribution in [0.2, 0.25) is 5.02 Å². The first-order valence-corrected chi connectivity index (χ1v) is 5.95. The van der Waals surface area contributed by atoms with Crippen LogP contribution in [-0.2, 0) is 6.61 Å². The van der Waals surface area contributed by atoms with Gasteiger partial charge >= 0.3 is 5.97 Å². The predicted molar refractivity (Wildman–Crippen MR) is 69.1 cm³/mol. The lowest BCUT2D eigenvalue weighted by Crippen LogP contribution is -2.06. The third kappa shape index (κ3) is 3.05. The Morgan fingerprint density at radius 2 is 2.00 bits per heavy atom. The normalized spacial score (nSPS) is 10.3. The highest BCUT2D eigenvalue weighted by molar-refractivity contribution is 6.31. The van der Waals surface area contributed by atoms with Crippen molar-refractivity contribution < 1.29 is 23.4 Å². The molecule has 0 saturated heterocycles. The van der Waals surface area contributed by atoms with Crippen LogP contribution in [0.15, 0.2) is 36.4 Å². The summed E-state index contributed by atoms with van der Waals surface area (Å²) in [5, 5.41) is 9.21. The highest BCUT2D eigenvalue weighted by Crippen LogP contribution is 2.24. The lowest BCUT2D eigenvalue weighted by molar-refractivity contribution is 0.0686. The number of ether oxygens (including phenoxy) is 1. The number of carboxylic acid groups (broad SMARTS) is 1. The van der Waals surface area contributed by atoms with Gasteiger partial charge in [-0.2, -0.15) is 0 Å². The highest BCUT2D eigenvalue weighted by atomic mass is 35.5. The van der Waals surface area contributed by atoms with Gasteiger partial charge in [-0.05, 0) is 30.3 Å². The smallest absolute Gasteiger partial charge is 0.342 e. The van der Waals surface area contributed by atoms with Gasteiger partial charge in [0, 0.05) is 10.6 Å². The van der Waals surface area contributed by atoms with Crippen LogP contribution < -0.4 is 4.74 Å². The second kappa shape index (κ2) is 5.88. The van der Waals surface area contributed by atoms with E-state index in [0.717, 1.165) is 6.07 Å². The fraction of sp³-hybridized carbons (Fsp3) is 0.0714. The molecule has 2 aromatic carbocycles. The minimum absolute atomic E-state index is 0.141. The third-order valence-corrected chi connectivity index (χ3v) is 2.95. The van der Waals surface area contributed by atoms with Crippen molar-refractivity contribution in [1.29, 1.82) is 0 Å². The Balaban J connectivity index is 2.25. The number of aromatic carboxylic acids is 1. The number of rotatable bonds is 4. The Hall–Kier alpha value is -2.14. The number of carbonyl (C=O) groups is 1. The van der Waals surface area contributed by atoms with Crippen molar-refractivity contribution in [2.45, 2.75) is 6.61 Å². The van der Waals surface area contributed by atoms with E-state index in [-0.39, 0.29) is 17.4 Å². The average molecular weight is 299 g/mol. The Kier molecular flexibility index (Phi) is 4.20. The molecular formula is C14H9ClF2O3. The van der Waals surface area contributed by atoms with Gasteiger partial charge in [0.25, 0.3) is 0 Å². The Bertz CT molecular complexity index is 659. The second-order valence-corrected chi connectivity index (χ2v) is 4.35. The molecule has 0 atom stereocenters. The van der Waals surface area contributed by atoms with Gasteiger partial charge in [-0.25, -0.2) is 13.6 Å². The molecule has 0 bridgehead atoms. The van der Waals surface area contributed by atoms with Crippen molar-refractivity contribution in [2.24, 2.45) is 0 Å². The first-order chi connectivity index (χ1) is 9.49. The largest absolute Gasteiger partial charge is 0.488 e. The molecular weight excluding hydrogens is 290 g/mol. The van der Waals surface area contributed by atoms with Crippen LogP contribution in [-0.4, -0.2) is 11.1 Å². The molecule has 0 fully saturated rings. The lowest BCUT2D eigenvalue weighted by atomic mass is 10.2. The van der Waals surface area contributed by atoms with Gasteiger partial charge in [-0.1, -0.05) is 17.7 Å². The fourth-order valence-electron chi connectivity index (χ4n) is 1.64. The molecule has 0 heterocycles. The van der Waals surface area contributed by atoms with E-state index in [9.17, 15) is 13.6 Å². The van der Waals surface area contributed by atoms with Gasteiger partial charge in [0.15, 0.2) is 0 Å². The minimum Gasteiger partial charge on any atom is -0.488 e. The SMILES string of the molecule is O=C(O)c1c(F)cccc1OCc1cc(F)ccc1Cl. The molecule has 6 heteroatoms. The third-order valence-electron chi connectivity index (χ3n) is 2.58. The van der Waals surface area contributed by atoms with Crippen LogP contribution in [0.25, 0.3) is 0 Å². The van der Waals surface area contributed by atoms with Gasteiger partial charge in [-0.3, -0.25) is 0 Å². The Morgan fingerprint density at radius 3 is 2.70 bits per heavy atom.